The molecule has 7 nitrogen and oxygen atoms in total. The SMILES string of the molecule is O=CNc1ccc(Oc2cccnc2)cc1.[HH].c1cnnc(CN2CCCCC2)c1. The Bertz CT molecular complexity index is 844. The van der Waals surface area contributed by atoms with E-state index in [4.69, 9.17) is 4.74 Å². The molecule has 29 heavy (non-hydrogen) atoms. The molecule has 1 N–H and O–H groups in total. The highest BCUT2D eigenvalue weighted by Crippen LogP contribution is 2.21. The molecule has 7 heteroatoms. The van der Waals surface area contributed by atoms with E-state index < -0.39 is 0 Å². The molecule has 0 unspecified atom stereocenters. The van der Waals surface area contributed by atoms with Crippen LogP contribution in [0.1, 0.15) is 26.4 Å². The Balaban J connectivity index is 0.000000211. The minimum absolute atomic E-state index is 0. The van der Waals surface area contributed by atoms with Crippen LogP contribution in [0, 0.1) is 0 Å². The fraction of sp³-hybridized carbons (Fsp3) is 0.273. The first-order valence-electron chi connectivity index (χ1n) is 9.70. The van der Waals surface area contributed by atoms with Crippen molar-refractivity contribution in [3.63, 3.8) is 0 Å². The lowest BCUT2D eigenvalue weighted by atomic mass is 10.1. The number of hydrogen-bond donors (Lipinski definition) is 1. The molecule has 1 fully saturated rings. The molecule has 1 saturated heterocycles. The van der Waals surface area contributed by atoms with Gasteiger partial charge in [-0.1, -0.05) is 6.42 Å². The number of aromatic nitrogens is 3. The molecule has 4 rings (SSSR count). The Kier molecular flexibility index (Phi) is 8.10. The summed E-state index contributed by atoms with van der Waals surface area (Å²) in [4.78, 5) is 16.6. The summed E-state index contributed by atoms with van der Waals surface area (Å²) >= 11 is 0. The molecule has 0 spiro atoms. The van der Waals surface area contributed by atoms with Gasteiger partial charge in [0.05, 0.1) is 11.9 Å². The average molecular weight is 393 g/mol. The lowest BCUT2D eigenvalue weighted by Gasteiger charge is -2.25. The summed E-state index contributed by atoms with van der Waals surface area (Å²) in [7, 11) is 0. The number of benzene rings is 1. The highest BCUT2D eigenvalue weighted by molar-refractivity contribution is 5.71. The first-order valence-corrected chi connectivity index (χ1v) is 9.70. The molecule has 0 bridgehead atoms. The van der Waals surface area contributed by atoms with Crippen LogP contribution in [0.3, 0.4) is 0 Å². The molecule has 0 aliphatic carbocycles. The van der Waals surface area contributed by atoms with Crippen molar-refractivity contribution in [3.8, 4) is 11.5 Å². The Hall–Kier alpha value is -3.32. The van der Waals surface area contributed by atoms with Crippen LogP contribution in [-0.4, -0.2) is 39.6 Å². The Labute approximate surface area is 172 Å². The number of likely N-dealkylation sites (tertiary alicyclic amines) is 1. The first kappa shape index (κ1) is 20.4. The molecule has 0 atom stereocenters. The van der Waals surface area contributed by atoms with Gasteiger partial charge >= 0.3 is 0 Å². The highest BCUT2D eigenvalue weighted by Gasteiger charge is 2.10. The number of amides is 1. The normalized spacial score (nSPS) is 13.7. The second-order valence-electron chi connectivity index (χ2n) is 6.63. The maximum Gasteiger partial charge on any atom is 0.211 e. The lowest BCUT2D eigenvalue weighted by molar-refractivity contribution is -0.105. The maximum absolute atomic E-state index is 10.2. The standard InChI is InChI=1S/C12H10N2O2.C10H15N3.H2/c15-9-14-10-3-5-11(6-4-10)16-12-2-1-7-13-8-12;1-2-7-13(8-3-1)9-10-5-4-6-11-12-10;/h1-9H,(H,14,15);4-6H,1-3,7-9H2;1H. The smallest absolute Gasteiger partial charge is 0.211 e. The fourth-order valence-corrected chi connectivity index (χ4v) is 3.00. The van der Waals surface area contributed by atoms with Crippen molar-refractivity contribution in [1.82, 2.24) is 20.1 Å². The van der Waals surface area contributed by atoms with Gasteiger partial charge in [-0.05, 0) is 74.5 Å². The summed E-state index contributed by atoms with van der Waals surface area (Å²) in [6, 6.07) is 14.7. The second-order valence-corrected chi connectivity index (χ2v) is 6.63. The number of piperidine rings is 1. The van der Waals surface area contributed by atoms with E-state index in [0.29, 0.717) is 17.9 Å². The van der Waals surface area contributed by atoms with E-state index in [1.165, 1.54) is 32.4 Å². The quantitative estimate of drug-likeness (QED) is 0.634. The van der Waals surface area contributed by atoms with Gasteiger partial charge < -0.3 is 10.1 Å². The molecule has 1 amide bonds. The summed E-state index contributed by atoms with van der Waals surface area (Å²) in [6.45, 7) is 3.40. The van der Waals surface area contributed by atoms with Crippen LogP contribution in [0.15, 0.2) is 67.1 Å². The van der Waals surface area contributed by atoms with Crippen LogP contribution in [0.2, 0.25) is 0 Å². The molecule has 1 aliphatic rings. The summed E-state index contributed by atoms with van der Waals surface area (Å²) in [5.41, 5.74) is 1.82. The molecule has 2 aromatic heterocycles. The summed E-state index contributed by atoms with van der Waals surface area (Å²) < 4.78 is 5.53. The van der Waals surface area contributed by atoms with Gasteiger partial charge in [0, 0.05) is 26.1 Å². The van der Waals surface area contributed by atoms with E-state index in [2.05, 4.69) is 25.4 Å². The van der Waals surface area contributed by atoms with Crippen molar-refractivity contribution >= 4 is 12.1 Å². The predicted molar refractivity (Wildman–Crippen MR) is 114 cm³/mol. The number of rotatable bonds is 6. The van der Waals surface area contributed by atoms with Crippen LogP contribution < -0.4 is 10.1 Å². The second kappa shape index (κ2) is 11.5. The predicted octanol–water partition coefficient (Wildman–Crippen LogP) is 4.15. The van der Waals surface area contributed by atoms with E-state index in [1.54, 1.807) is 48.9 Å². The highest BCUT2D eigenvalue weighted by atomic mass is 16.5. The Morgan fingerprint density at radius 1 is 1.00 bits per heavy atom. The van der Waals surface area contributed by atoms with Gasteiger partial charge in [-0.15, -0.1) is 0 Å². The lowest BCUT2D eigenvalue weighted by Crippen LogP contribution is -2.29. The number of pyridine rings is 1. The molecular formula is C22H27N5O2. The van der Waals surface area contributed by atoms with Crippen molar-refractivity contribution in [1.29, 1.82) is 0 Å². The van der Waals surface area contributed by atoms with Crippen molar-refractivity contribution in [2.75, 3.05) is 18.4 Å². The zero-order chi connectivity index (χ0) is 20.2. The van der Waals surface area contributed by atoms with E-state index >= 15 is 0 Å². The third-order valence-corrected chi connectivity index (χ3v) is 4.41. The number of nitrogens with one attached hydrogen (secondary N) is 1. The monoisotopic (exact) mass is 393 g/mol. The van der Waals surface area contributed by atoms with E-state index in [9.17, 15) is 4.79 Å². The number of anilines is 1. The minimum Gasteiger partial charge on any atom is -0.456 e. The first-order chi connectivity index (χ1) is 14.3. The van der Waals surface area contributed by atoms with E-state index in [1.807, 2.05) is 18.2 Å². The van der Waals surface area contributed by atoms with Crippen LogP contribution in [0.25, 0.3) is 0 Å². The Morgan fingerprint density at radius 2 is 1.79 bits per heavy atom. The van der Waals surface area contributed by atoms with Crippen LogP contribution in [-0.2, 0) is 11.3 Å². The van der Waals surface area contributed by atoms with Crippen molar-refractivity contribution in [3.05, 3.63) is 72.8 Å². The number of ether oxygens (including phenoxy) is 1. The van der Waals surface area contributed by atoms with Crippen LogP contribution in [0.4, 0.5) is 5.69 Å². The zero-order valence-electron chi connectivity index (χ0n) is 16.3. The molecule has 1 aliphatic heterocycles. The molecule has 1 aromatic carbocycles. The van der Waals surface area contributed by atoms with E-state index in [-0.39, 0.29) is 1.43 Å². The van der Waals surface area contributed by atoms with Gasteiger partial charge in [0.1, 0.15) is 11.5 Å². The van der Waals surface area contributed by atoms with Crippen molar-refractivity contribution < 1.29 is 11.0 Å². The zero-order valence-corrected chi connectivity index (χ0v) is 16.3. The third kappa shape index (κ3) is 7.31. The van der Waals surface area contributed by atoms with Gasteiger partial charge in [0.2, 0.25) is 6.41 Å². The molecule has 152 valence electrons. The largest absolute Gasteiger partial charge is 0.456 e. The van der Waals surface area contributed by atoms with Crippen molar-refractivity contribution in [2.45, 2.75) is 25.8 Å². The molecule has 3 heterocycles. The van der Waals surface area contributed by atoms with Gasteiger partial charge in [0.15, 0.2) is 0 Å². The topological polar surface area (TPSA) is 80.2 Å². The number of hydrogen-bond acceptors (Lipinski definition) is 6. The van der Waals surface area contributed by atoms with Gasteiger partial charge in [0.25, 0.3) is 0 Å². The molecular weight excluding hydrogens is 366 g/mol. The Morgan fingerprint density at radius 3 is 2.45 bits per heavy atom. The van der Waals surface area contributed by atoms with Crippen molar-refractivity contribution in [2.24, 2.45) is 0 Å². The van der Waals surface area contributed by atoms with Crippen LogP contribution in [0.5, 0.6) is 11.5 Å². The summed E-state index contributed by atoms with van der Waals surface area (Å²) in [5.74, 6) is 1.38. The molecule has 0 saturated carbocycles. The maximum atomic E-state index is 10.2. The van der Waals surface area contributed by atoms with Gasteiger partial charge in [-0.25, -0.2) is 0 Å². The third-order valence-electron chi connectivity index (χ3n) is 4.41. The number of nitrogens with zero attached hydrogens (tertiary/aromatic N) is 4. The fourth-order valence-electron chi connectivity index (χ4n) is 3.00. The molecule has 3 aromatic rings. The minimum atomic E-state index is 0. The average Bonchev–Trinajstić information content (AvgIpc) is 2.78. The van der Waals surface area contributed by atoms with E-state index in [0.717, 1.165) is 17.9 Å². The van der Waals surface area contributed by atoms with Gasteiger partial charge in [-0.3, -0.25) is 14.7 Å². The summed E-state index contributed by atoms with van der Waals surface area (Å²) in [6.07, 6.45) is 9.73. The summed E-state index contributed by atoms with van der Waals surface area (Å²) in [5, 5.41) is 10.5. The number of carbonyl (C=O) groups is 1. The van der Waals surface area contributed by atoms with Crippen LogP contribution >= 0.6 is 0 Å². The van der Waals surface area contributed by atoms with Gasteiger partial charge in [-0.2, -0.15) is 10.2 Å². The molecule has 0 radical (unpaired) electrons. The number of carbonyl (C=O) groups excluding carboxylic acids is 1.